The summed E-state index contributed by atoms with van der Waals surface area (Å²) in [6.45, 7) is 10.5. The lowest BCUT2D eigenvalue weighted by Gasteiger charge is -2.27. The molecule has 1 aromatic heterocycles. The molecule has 1 aliphatic heterocycles. The molecular formula is C14H25N5O. The molecule has 6 heteroatoms. The van der Waals surface area contributed by atoms with Crippen LogP contribution in [0.3, 0.4) is 0 Å². The SMILES string of the molecule is CC(C)Oc1cc(NCCCN2CCNCC2)ncn1. The zero-order valence-corrected chi connectivity index (χ0v) is 12.4. The van der Waals surface area contributed by atoms with Crippen LogP contribution >= 0.6 is 0 Å². The summed E-state index contributed by atoms with van der Waals surface area (Å²) in [6.07, 6.45) is 2.78. The minimum absolute atomic E-state index is 0.130. The van der Waals surface area contributed by atoms with E-state index in [2.05, 4.69) is 25.5 Å². The van der Waals surface area contributed by atoms with E-state index >= 15 is 0 Å². The Balaban J connectivity index is 1.68. The molecule has 1 fully saturated rings. The summed E-state index contributed by atoms with van der Waals surface area (Å²) in [5.41, 5.74) is 0. The van der Waals surface area contributed by atoms with Crippen LogP contribution in [0.5, 0.6) is 5.88 Å². The molecule has 6 nitrogen and oxygen atoms in total. The summed E-state index contributed by atoms with van der Waals surface area (Å²) in [4.78, 5) is 10.8. The van der Waals surface area contributed by atoms with Gasteiger partial charge in [0.05, 0.1) is 6.10 Å². The normalized spacial score (nSPS) is 16.4. The van der Waals surface area contributed by atoms with Crippen LogP contribution in [0.25, 0.3) is 0 Å². The third-order valence-electron chi connectivity index (χ3n) is 3.17. The number of piperazine rings is 1. The Morgan fingerprint density at radius 1 is 1.35 bits per heavy atom. The minimum Gasteiger partial charge on any atom is -0.475 e. The third-order valence-corrected chi connectivity index (χ3v) is 3.17. The maximum absolute atomic E-state index is 5.55. The highest BCUT2D eigenvalue weighted by Gasteiger charge is 2.08. The van der Waals surface area contributed by atoms with Crippen molar-refractivity contribution < 1.29 is 4.74 Å². The number of anilines is 1. The first-order chi connectivity index (χ1) is 9.74. The van der Waals surface area contributed by atoms with Gasteiger partial charge < -0.3 is 20.3 Å². The number of nitrogens with zero attached hydrogens (tertiary/aromatic N) is 3. The summed E-state index contributed by atoms with van der Waals surface area (Å²) >= 11 is 0. The van der Waals surface area contributed by atoms with Gasteiger partial charge >= 0.3 is 0 Å². The number of aromatic nitrogens is 2. The second kappa shape index (κ2) is 8.01. The van der Waals surface area contributed by atoms with Gasteiger partial charge in [-0.15, -0.1) is 0 Å². The largest absolute Gasteiger partial charge is 0.475 e. The molecule has 0 aliphatic carbocycles. The molecular weight excluding hydrogens is 254 g/mol. The van der Waals surface area contributed by atoms with Crippen molar-refractivity contribution in [2.75, 3.05) is 44.6 Å². The molecule has 1 aromatic rings. The number of ether oxygens (including phenoxy) is 1. The van der Waals surface area contributed by atoms with Gasteiger partial charge in [0.25, 0.3) is 0 Å². The standard InChI is InChI=1S/C14H25N5O/c1-12(2)20-14-10-13(17-11-18-14)16-4-3-7-19-8-5-15-6-9-19/h10-12,15H,3-9H2,1-2H3,(H,16,17,18). The predicted molar refractivity (Wildman–Crippen MR) is 80.2 cm³/mol. The van der Waals surface area contributed by atoms with E-state index in [9.17, 15) is 0 Å². The molecule has 0 spiro atoms. The summed E-state index contributed by atoms with van der Waals surface area (Å²) in [5, 5.41) is 6.69. The van der Waals surface area contributed by atoms with E-state index in [4.69, 9.17) is 4.74 Å². The molecule has 0 bridgehead atoms. The maximum Gasteiger partial charge on any atom is 0.218 e. The molecule has 2 N–H and O–H groups in total. The first-order valence-corrected chi connectivity index (χ1v) is 7.39. The quantitative estimate of drug-likeness (QED) is 0.725. The summed E-state index contributed by atoms with van der Waals surface area (Å²) in [5.74, 6) is 1.45. The van der Waals surface area contributed by atoms with Gasteiger partial charge in [-0.3, -0.25) is 0 Å². The molecule has 20 heavy (non-hydrogen) atoms. The van der Waals surface area contributed by atoms with E-state index in [1.807, 2.05) is 19.9 Å². The fraction of sp³-hybridized carbons (Fsp3) is 0.714. The van der Waals surface area contributed by atoms with Crippen LogP contribution < -0.4 is 15.4 Å². The van der Waals surface area contributed by atoms with Gasteiger partial charge in [0.1, 0.15) is 12.1 Å². The van der Waals surface area contributed by atoms with Crippen molar-refractivity contribution in [1.29, 1.82) is 0 Å². The van der Waals surface area contributed by atoms with E-state index in [-0.39, 0.29) is 6.10 Å². The second-order valence-corrected chi connectivity index (χ2v) is 5.28. The lowest BCUT2D eigenvalue weighted by atomic mass is 10.3. The molecule has 0 atom stereocenters. The lowest BCUT2D eigenvalue weighted by Crippen LogP contribution is -2.44. The van der Waals surface area contributed by atoms with Crippen molar-refractivity contribution in [3.05, 3.63) is 12.4 Å². The van der Waals surface area contributed by atoms with E-state index < -0.39 is 0 Å². The molecule has 0 saturated carbocycles. The lowest BCUT2D eigenvalue weighted by molar-refractivity contribution is 0.232. The van der Waals surface area contributed by atoms with Crippen LogP contribution in [-0.2, 0) is 0 Å². The van der Waals surface area contributed by atoms with Gasteiger partial charge in [0.15, 0.2) is 0 Å². The molecule has 1 saturated heterocycles. The summed E-state index contributed by atoms with van der Waals surface area (Å²) in [6, 6.07) is 1.85. The molecule has 2 rings (SSSR count). The molecule has 0 aromatic carbocycles. The Morgan fingerprint density at radius 2 is 2.15 bits per heavy atom. The Kier molecular flexibility index (Phi) is 6.01. The van der Waals surface area contributed by atoms with Crippen LogP contribution in [0.15, 0.2) is 12.4 Å². The van der Waals surface area contributed by atoms with Crippen LogP contribution in [0.2, 0.25) is 0 Å². The van der Waals surface area contributed by atoms with Crippen molar-refractivity contribution >= 4 is 5.82 Å². The second-order valence-electron chi connectivity index (χ2n) is 5.28. The minimum atomic E-state index is 0.130. The van der Waals surface area contributed by atoms with Crippen LogP contribution in [-0.4, -0.2) is 60.2 Å². The van der Waals surface area contributed by atoms with Gasteiger partial charge in [-0.05, 0) is 26.8 Å². The summed E-state index contributed by atoms with van der Waals surface area (Å²) < 4.78 is 5.55. The Labute approximate surface area is 120 Å². The number of rotatable bonds is 7. The topological polar surface area (TPSA) is 62.3 Å². The summed E-state index contributed by atoms with van der Waals surface area (Å²) in [7, 11) is 0. The number of hydrogen-bond donors (Lipinski definition) is 2. The highest BCUT2D eigenvalue weighted by atomic mass is 16.5. The monoisotopic (exact) mass is 279 g/mol. The molecule has 1 aliphatic rings. The fourth-order valence-corrected chi connectivity index (χ4v) is 2.20. The van der Waals surface area contributed by atoms with E-state index in [1.165, 1.54) is 6.33 Å². The van der Waals surface area contributed by atoms with Crippen molar-refractivity contribution in [2.24, 2.45) is 0 Å². The number of hydrogen-bond acceptors (Lipinski definition) is 6. The molecule has 112 valence electrons. The van der Waals surface area contributed by atoms with Crippen molar-refractivity contribution in [1.82, 2.24) is 20.2 Å². The van der Waals surface area contributed by atoms with Crippen LogP contribution in [0, 0.1) is 0 Å². The first-order valence-electron chi connectivity index (χ1n) is 7.39. The Hall–Kier alpha value is -1.40. The Morgan fingerprint density at radius 3 is 2.90 bits per heavy atom. The third kappa shape index (κ3) is 5.30. The average molecular weight is 279 g/mol. The Bertz CT molecular complexity index is 393. The molecule has 0 radical (unpaired) electrons. The van der Waals surface area contributed by atoms with Gasteiger partial charge in [-0.25, -0.2) is 9.97 Å². The predicted octanol–water partition coefficient (Wildman–Crippen LogP) is 0.971. The average Bonchev–Trinajstić information content (AvgIpc) is 2.44. The van der Waals surface area contributed by atoms with E-state index in [0.717, 1.165) is 51.5 Å². The van der Waals surface area contributed by atoms with Crippen LogP contribution in [0.1, 0.15) is 20.3 Å². The van der Waals surface area contributed by atoms with Gasteiger partial charge in [0, 0.05) is 38.8 Å². The van der Waals surface area contributed by atoms with Gasteiger partial charge in [-0.1, -0.05) is 0 Å². The highest BCUT2D eigenvalue weighted by molar-refractivity contribution is 5.36. The maximum atomic E-state index is 5.55. The number of nitrogens with one attached hydrogen (secondary N) is 2. The van der Waals surface area contributed by atoms with Crippen molar-refractivity contribution in [2.45, 2.75) is 26.4 Å². The smallest absolute Gasteiger partial charge is 0.218 e. The zero-order chi connectivity index (χ0) is 14.2. The van der Waals surface area contributed by atoms with Crippen LogP contribution in [0.4, 0.5) is 5.82 Å². The van der Waals surface area contributed by atoms with E-state index in [0.29, 0.717) is 5.88 Å². The van der Waals surface area contributed by atoms with Crippen molar-refractivity contribution in [3.63, 3.8) is 0 Å². The van der Waals surface area contributed by atoms with Gasteiger partial charge in [-0.2, -0.15) is 0 Å². The molecule has 2 heterocycles. The molecule has 0 unspecified atom stereocenters. The fourth-order valence-electron chi connectivity index (χ4n) is 2.20. The first kappa shape index (κ1) is 15.0. The highest BCUT2D eigenvalue weighted by Crippen LogP contribution is 2.12. The van der Waals surface area contributed by atoms with E-state index in [1.54, 1.807) is 0 Å². The molecule has 0 amide bonds. The van der Waals surface area contributed by atoms with Crippen molar-refractivity contribution in [3.8, 4) is 5.88 Å². The van der Waals surface area contributed by atoms with Gasteiger partial charge in [0.2, 0.25) is 5.88 Å². The zero-order valence-electron chi connectivity index (χ0n) is 12.4.